The van der Waals surface area contributed by atoms with Gasteiger partial charge in [0.05, 0.1) is 5.41 Å². The Morgan fingerprint density at radius 1 is 0.895 bits per heavy atom. The number of carbonyl (C=O) groups excluding carboxylic acids is 1. The van der Waals surface area contributed by atoms with Crippen LogP contribution >= 0.6 is 0 Å². The maximum absolute atomic E-state index is 12.7. The molecule has 2 heterocycles. The maximum Gasteiger partial charge on any atom is 0.228 e. The van der Waals surface area contributed by atoms with Crippen molar-refractivity contribution in [2.45, 2.75) is 44.9 Å². The van der Waals surface area contributed by atoms with Gasteiger partial charge in [0, 0.05) is 19.6 Å². The van der Waals surface area contributed by atoms with Gasteiger partial charge in [0.25, 0.3) is 0 Å². The summed E-state index contributed by atoms with van der Waals surface area (Å²) in [5.74, 6) is 2.33. The third-order valence-electron chi connectivity index (χ3n) is 5.80. The van der Waals surface area contributed by atoms with Crippen LogP contribution in [0.5, 0.6) is 0 Å². The van der Waals surface area contributed by atoms with Crippen LogP contribution in [0.25, 0.3) is 0 Å². The molecule has 1 spiro atoms. The van der Waals surface area contributed by atoms with Crippen LogP contribution in [-0.4, -0.2) is 48.4 Å². The molecule has 19 heavy (non-hydrogen) atoms. The van der Waals surface area contributed by atoms with E-state index in [0.717, 1.165) is 44.2 Å². The van der Waals surface area contributed by atoms with Gasteiger partial charge in [-0.15, -0.1) is 0 Å². The first-order chi connectivity index (χ1) is 9.25. The number of likely N-dealkylation sites (tertiary alicyclic amines) is 2. The van der Waals surface area contributed by atoms with Crippen LogP contribution in [0.15, 0.2) is 0 Å². The second kappa shape index (κ2) is 4.47. The van der Waals surface area contributed by atoms with E-state index in [1.165, 1.54) is 45.3 Å². The Morgan fingerprint density at radius 3 is 2.11 bits per heavy atom. The van der Waals surface area contributed by atoms with Gasteiger partial charge in [0.15, 0.2) is 0 Å². The summed E-state index contributed by atoms with van der Waals surface area (Å²) in [4.78, 5) is 17.5. The molecule has 0 radical (unpaired) electrons. The van der Waals surface area contributed by atoms with E-state index >= 15 is 0 Å². The summed E-state index contributed by atoms with van der Waals surface area (Å²) in [6.45, 7) is 5.74. The van der Waals surface area contributed by atoms with Crippen LogP contribution in [0.2, 0.25) is 0 Å². The molecular formula is C16H26N2O. The van der Waals surface area contributed by atoms with E-state index in [9.17, 15) is 4.79 Å². The van der Waals surface area contributed by atoms with Crippen LogP contribution < -0.4 is 0 Å². The van der Waals surface area contributed by atoms with Crippen molar-refractivity contribution >= 4 is 5.91 Å². The second-order valence-corrected chi connectivity index (χ2v) is 7.47. The first-order valence-electron chi connectivity index (χ1n) is 8.27. The molecule has 0 atom stereocenters. The van der Waals surface area contributed by atoms with Crippen LogP contribution in [0, 0.1) is 17.3 Å². The van der Waals surface area contributed by atoms with Gasteiger partial charge in [-0.2, -0.15) is 0 Å². The van der Waals surface area contributed by atoms with Crippen molar-refractivity contribution in [1.29, 1.82) is 0 Å². The van der Waals surface area contributed by atoms with Gasteiger partial charge in [-0.25, -0.2) is 0 Å². The summed E-state index contributed by atoms with van der Waals surface area (Å²) < 4.78 is 0. The van der Waals surface area contributed by atoms with Gasteiger partial charge in [-0.3, -0.25) is 4.79 Å². The van der Waals surface area contributed by atoms with Crippen molar-refractivity contribution in [3.8, 4) is 0 Å². The van der Waals surface area contributed by atoms with Crippen molar-refractivity contribution in [3.05, 3.63) is 0 Å². The normalized spacial score (nSPS) is 31.4. The molecule has 106 valence electrons. The Hall–Kier alpha value is -0.570. The smallest absolute Gasteiger partial charge is 0.228 e. The first kappa shape index (κ1) is 12.2. The van der Waals surface area contributed by atoms with Crippen LogP contribution in [0.4, 0.5) is 0 Å². The lowest BCUT2D eigenvalue weighted by Gasteiger charge is -2.38. The molecular weight excluding hydrogens is 236 g/mol. The molecule has 0 aromatic carbocycles. The average molecular weight is 262 g/mol. The highest BCUT2D eigenvalue weighted by atomic mass is 16.2. The molecule has 0 unspecified atom stereocenters. The molecule has 0 bridgehead atoms. The predicted molar refractivity (Wildman–Crippen MR) is 74.8 cm³/mol. The quantitative estimate of drug-likeness (QED) is 0.775. The van der Waals surface area contributed by atoms with E-state index in [-0.39, 0.29) is 5.41 Å². The van der Waals surface area contributed by atoms with Crippen molar-refractivity contribution in [1.82, 2.24) is 9.80 Å². The molecule has 0 N–H and O–H groups in total. The number of piperidine rings is 1. The van der Waals surface area contributed by atoms with Gasteiger partial charge in [0.2, 0.25) is 5.91 Å². The molecule has 4 fully saturated rings. The summed E-state index contributed by atoms with van der Waals surface area (Å²) in [5, 5.41) is 0. The van der Waals surface area contributed by atoms with Crippen molar-refractivity contribution < 1.29 is 4.79 Å². The van der Waals surface area contributed by atoms with Crippen molar-refractivity contribution in [2.24, 2.45) is 17.3 Å². The van der Waals surface area contributed by atoms with E-state index in [4.69, 9.17) is 0 Å². The number of hydrogen-bond acceptors (Lipinski definition) is 2. The minimum atomic E-state index is 0.0505. The van der Waals surface area contributed by atoms with Gasteiger partial charge >= 0.3 is 0 Å². The van der Waals surface area contributed by atoms with E-state index in [1.54, 1.807) is 0 Å². The Bertz CT molecular complexity index is 365. The van der Waals surface area contributed by atoms with Crippen LogP contribution in [0.3, 0.4) is 0 Å². The Labute approximate surface area is 116 Å². The summed E-state index contributed by atoms with van der Waals surface area (Å²) >= 11 is 0. The number of rotatable bonds is 4. The highest BCUT2D eigenvalue weighted by Crippen LogP contribution is 2.43. The summed E-state index contributed by atoms with van der Waals surface area (Å²) in [5.41, 5.74) is 0.0505. The summed E-state index contributed by atoms with van der Waals surface area (Å²) in [6.07, 6.45) is 8.97. The second-order valence-electron chi connectivity index (χ2n) is 7.47. The number of hydrogen-bond donors (Lipinski definition) is 0. The zero-order valence-corrected chi connectivity index (χ0v) is 11.9. The van der Waals surface area contributed by atoms with Gasteiger partial charge in [-0.05, 0) is 69.9 Å². The standard InChI is InChI=1S/C16H26N2O/c19-15-16(7-10-18(15)12-14-3-4-14)5-8-17(9-6-16)11-13-1-2-13/h13-14H,1-12H2. The predicted octanol–water partition coefficient (Wildman–Crippen LogP) is 2.12. The highest BCUT2D eigenvalue weighted by molar-refractivity contribution is 5.85. The van der Waals surface area contributed by atoms with Crippen molar-refractivity contribution in [3.63, 3.8) is 0 Å². The molecule has 4 rings (SSSR count). The minimum absolute atomic E-state index is 0.0505. The largest absolute Gasteiger partial charge is 0.342 e. The molecule has 2 aliphatic carbocycles. The SMILES string of the molecule is O=C1N(CC2CC2)CCC12CCN(CC1CC1)CC2. The number of nitrogens with zero attached hydrogens (tertiary/aromatic N) is 2. The molecule has 3 heteroatoms. The van der Waals surface area contributed by atoms with E-state index in [1.807, 2.05) is 0 Å². The molecule has 0 aromatic rings. The maximum atomic E-state index is 12.7. The zero-order chi connectivity index (χ0) is 12.9. The molecule has 1 amide bonds. The van der Waals surface area contributed by atoms with Gasteiger partial charge < -0.3 is 9.80 Å². The lowest BCUT2D eigenvalue weighted by atomic mass is 9.77. The highest BCUT2D eigenvalue weighted by Gasteiger charge is 2.48. The number of amides is 1. The fourth-order valence-corrected chi connectivity index (χ4v) is 3.97. The molecule has 2 saturated carbocycles. The Kier molecular flexibility index (Phi) is 2.87. The summed E-state index contributed by atoms with van der Waals surface area (Å²) in [7, 11) is 0. The Morgan fingerprint density at radius 2 is 1.47 bits per heavy atom. The third-order valence-corrected chi connectivity index (χ3v) is 5.80. The lowest BCUT2D eigenvalue weighted by Crippen LogP contribution is -2.45. The van der Waals surface area contributed by atoms with Gasteiger partial charge in [0.1, 0.15) is 0 Å². The topological polar surface area (TPSA) is 23.6 Å². The number of carbonyl (C=O) groups is 1. The van der Waals surface area contributed by atoms with E-state index < -0.39 is 0 Å². The summed E-state index contributed by atoms with van der Waals surface area (Å²) in [6, 6.07) is 0. The molecule has 3 nitrogen and oxygen atoms in total. The Balaban J connectivity index is 1.34. The first-order valence-corrected chi connectivity index (χ1v) is 8.27. The average Bonchev–Trinajstić information content (AvgIpc) is 3.31. The molecule has 0 aromatic heterocycles. The van der Waals surface area contributed by atoms with E-state index in [2.05, 4.69) is 9.80 Å². The monoisotopic (exact) mass is 262 g/mol. The molecule has 2 saturated heterocycles. The van der Waals surface area contributed by atoms with Crippen LogP contribution in [-0.2, 0) is 4.79 Å². The fourth-order valence-electron chi connectivity index (χ4n) is 3.97. The van der Waals surface area contributed by atoms with Crippen LogP contribution in [0.1, 0.15) is 44.9 Å². The van der Waals surface area contributed by atoms with Crippen molar-refractivity contribution in [2.75, 3.05) is 32.7 Å². The third kappa shape index (κ3) is 2.42. The lowest BCUT2D eigenvalue weighted by molar-refractivity contribution is -0.138. The van der Waals surface area contributed by atoms with Gasteiger partial charge in [-0.1, -0.05) is 0 Å². The minimum Gasteiger partial charge on any atom is -0.342 e. The molecule has 2 aliphatic heterocycles. The zero-order valence-electron chi connectivity index (χ0n) is 11.9. The molecule has 4 aliphatic rings. The van der Waals surface area contributed by atoms with E-state index in [0.29, 0.717) is 5.91 Å². The fraction of sp³-hybridized carbons (Fsp3) is 0.938.